The second-order valence-electron chi connectivity index (χ2n) is 4.81. The number of hydrogen-bond donors (Lipinski definition) is 0. The topological polar surface area (TPSA) is 17.1 Å². The van der Waals surface area contributed by atoms with E-state index in [1.807, 2.05) is 0 Å². The minimum absolute atomic E-state index is 0.487. The van der Waals surface area contributed by atoms with Crippen LogP contribution in [-0.4, -0.2) is 5.78 Å². The molecule has 1 saturated carbocycles. The third kappa shape index (κ3) is 3.13. The molecule has 0 heterocycles. The van der Waals surface area contributed by atoms with Crippen LogP contribution in [-0.2, 0) is 4.79 Å². The summed E-state index contributed by atoms with van der Waals surface area (Å²) in [5.41, 5.74) is 0. The maximum Gasteiger partial charge on any atom is 0.133 e. The Bertz CT molecular complexity index is 174. The van der Waals surface area contributed by atoms with Crippen molar-refractivity contribution >= 4 is 5.78 Å². The van der Waals surface area contributed by atoms with Crippen LogP contribution in [0.25, 0.3) is 0 Å². The Morgan fingerprint density at radius 3 is 2.62 bits per heavy atom. The van der Waals surface area contributed by atoms with Gasteiger partial charge in [-0.2, -0.15) is 0 Å². The lowest BCUT2D eigenvalue weighted by Gasteiger charge is -2.18. The van der Waals surface area contributed by atoms with Gasteiger partial charge in [-0.1, -0.05) is 33.6 Å². The summed E-state index contributed by atoms with van der Waals surface area (Å²) >= 11 is 0. The van der Waals surface area contributed by atoms with Crippen molar-refractivity contribution in [3.05, 3.63) is 0 Å². The molecule has 3 atom stereocenters. The van der Waals surface area contributed by atoms with Gasteiger partial charge in [0.15, 0.2) is 0 Å². The van der Waals surface area contributed by atoms with E-state index in [2.05, 4.69) is 20.8 Å². The zero-order chi connectivity index (χ0) is 9.84. The van der Waals surface area contributed by atoms with Crippen molar-refractivity contribution in [2.45, 2.75) is 52.9 Å². The first kappa shape index (κ1) is 10.7. The fraction of sp³-hybridized carbons (Fsp3) is 0.917. The van der Waals surface area contributed by atoms with Gasteiger partial charge in [0, 0.05) is 12.8 Å². The van der Waals surface area contributed by atoms with E-state index in [1.54, 1.807) is 0 Å². The lowest BCUT2D eigenvalue weighted by atomic mass is 9.87. The summed E-state index contributed by atoms with van der Waals surface area (Å²) in [6.07, 6.45) is 5.55. The van der Waals surface area contributed by atoms with E-state index in [0.29, 0.717) is 17.6 Å². The lowest BCUT2D eigenvalue weighted by molar-refractivity contribution is -0.117. The average Bonchev–Trinajstić information content (AvgIpc) is 2.30. The van der Waals surface area contributed by atoms with E-state index in [9.17, 15) is 4.79 Å². The predicted molar refractivity (Wildman–Crippen MR) is 55.6 cm³/mol. The van der Waals surface area contributed by atoms with Crippen molar-refractivity contribution in [1.29, 1.82) is 0 Å². The molecule has 0 amide bonds. The van der Waals surface area contributed by atoms with Crippen molar-refractivity contribution < 1.29 is 4.79 Å². The molecular weight excluding hydrogens is 160 g/mol. The highest BCUT2D eigenvalue weighted by Crippen LogP contribution is 2.34. The van der Waals surface area contributed by atoms with Gasteiger partial charge in [0.05, 0.1) is 0 Å². The third-order valence-electron chi connectivity index (χ3n) is 3.33. The molecule has 0 saturated heterocycles. The van der Waals surface area contributed by atoms with Crippen LogP contribution in [0.15, 0.2) is 0 Å². The van der Waals surface area contributed by atoms with Gasteiger partial charge in [-0.15, -0.1) is 0 Å². The Balaban J connectivity index is 2.32. The fourth-order valence-corrected chi connectivity index (χ4v) is 2.55. The molecule has 0 bridgehead atoms. The Hall–Kier alpha value is -0.330. The zero-order valence-electron chi connectivity index (χ0n) is 9.18. The van der Waals surface area contributed by atoms with Gasteiger partial charge in [0.2, 0.25) is 0 Å². The molecule has 0 aromatic carbocycles. The van der Waals surface area contributed by atoms with Gasteiger partial charge in [0.1, 0.15) is 5.78 Å². The summed E-state index contributed by atoms with van der Waals surface area (Å²) < 4.78 is 0. The molecule has 0 aliphatic heterocycles. The Labute approximate surface area is 81.9 Å². The molecular formula is C12H22O. The molecule has 0 N–H and O–H groups in total. The van der Waals surface area contributed by atoms with Gasteiger partial charge in [-0.25, -0.2) is 0 Å². The smallest absolute Gasteiger partial charge is 0.133 e. The lowest BCUT2D eigenvalue weighted by Crippen LogP contribution is -2.09. The monoisotopic (exact) mass is 182 g/mol. The number of ketones is 1. The second-order valence-corrected chi connectivity index (χ2v) is 4.81. The van der Waals surface area contributed by atoms with Gasteiger partial charge in [-0.3, -0.25) is 4.79 Å². The molecule has 1 fully saturated rings. The first-order valence-corrected chi connectivity index (χ1v) is 5.65. The first-order chi connectivity index (χ1) is 6.13. The number of carbonyl (C=O) groups excluding carboxylic acids is 1. The van der Waals surface area contributed by atoms with E-state index in [0.717, 1.165) is 18.8 Å². The molecule has 1 nitrogen and oxygen atoms in total. The van der Waals surface area contributed by atoms with Crippen LogP contribution < -0.4 is 0 Å². The number of rotatable bonds is 4. The van der Waals surface area contributed by atoms with Crippen molar-refractivity contribution in [3.63, 3.8) is 0 Å². The molecule has 1 aliphatic rings. The van der Waals surface area contributed by atoms with Gasteiger partial charge < -0.3 is 0 Å². The highest BCUT2D eigenvalue weighted by atomic mass is 16.1. The van der Waals surface area contributed by atoms with Gasteiger partial charge in [0.25, 0.3) is 0 Å². The molecule has 0 aromatic rings. The summed E-state index contributed by atoms with van der Waals surface area (Å²) in [4.78, 5) is 11.2. The Morgan fingerprint density at radius 1 is 1.46 bits per heavy atom. The van der Waals surface area contributed by atoms with Gasteiger partial charge >= 0.3 is 0 Å². The molecule has 13 heavy (non-hydrogen) atoms. The van der Waals surface area contributed by atoms with E-state index in [4.69, 9.17) is 0 Å². The molecule has 1 aliphatic carbocycles. The van der Waals surface area contributed by atoms with E-state index in [1.165, 1.54) is 19.3 Å². The maximum absolute atomic E-state index is 11.2. The number of carbonyl (C=O) groups is 1. The quantitative estimate of drug-likeness (QED) is 0.651. The van der Waals surface area contributed by atoms with Crippen LogP contribution in [0.1, 0.15) is 52.9 Å². The van der Waals surface area contributed by atoms with Crippen LogP contribution in [0.2, 0.25) is 0 Å². The first-order valence-electron chi connectivity index (χ1n) is 5.65. The summed E-state index contributed by atoms with van der Waals surface area (Å²) in [6.45, 7) is 6.78. The highest BCUT2D eigenvalue weighted by Gasteiger charge is 2.30. The van der Waals surface area contributed by atoms with Crippen LogP contribution >= 0.6 is 0 Å². The molecule has 0 radical (unpaired) electrons. The standard InChI is InChI=1S/C12H22O/c1-4-5-9(2)6-11-8-12(13)7-10(11)3/h9-11H,4-8H2,1-3H3. The zero-order valence-corrected chi connectivity index (χ0v) is 9.18. The Kier molecular flexibility index (Phi) is 3.95. The summed E-state index contributed by atoms with van der Waals surface area (Å²) in [5, 5.41) is 0. The van der Waals surface area contributed by atoms with Crippen molar-refractivity contribution in [3.8, 4) is 0 Å². The number of hydrogen-bond acceptors (Lipinski definition) is 1. The van der Waals surface area contributed by atoms with Gasteiger partial charge in [-0.05, 0) is 24.2 Å². The normalized spacial score (nSPS) is 30.8. The third-order valence-corrected chi connectivity index (χ3v) is 3.33. The van der Waals surface area contributed by atoms with Crippen LogP contribution in [0.3, 0.4) is 0 Å². The fourth-order valence-electron chi connectivity index (χ4n) is 2.55. The second kappa shape index (κ2) is 4.78. The molecule has 1 rings (SSSR count). The van der Waals surface area contributed by atoms with E-state index in [-0.39, 0.29) is 0 Å². The predicted octanol–water partition coefficient (Wildman–Crippen LogP) is 3.43. The Morgan fingerprint density at radius 2 is 2.15 bits per heavy atom. The summed E-state index contributed by atoms with van der Waals surface area (Å²) in [5.74, 6) is 2.63. The summed E-state index contributed by atoms with van der Waals surface area (Å²) in [6, 6.07) is 0. The molecule has 1 heteroatoms. The highest BCUT2D eigenvalue weighted by molar-refractivity contribution is 5.81. The largest absolute Gasteiger partial charge is 0.300 e. The minimum atomic E-state index is 0.487. The molecule has 76 valence electrons. The molecule has 3 unspecified atom stereocenters. The van der Waals surface area contributed by atoms with Crippen LogP contribution in [0.5, 0.6) is 0 Å². The van der Waals surface area contributed by atoms with Crippen molar-refractivity contribution in [2.24, 2.45) is 17.8 Å². The van der Waals surface area contributed by atoms with Crippen LogP contribution in [0.4, 0.5) is 0 Å². The molecule has 0 spiro atoms. The summed E-state index contributed by atoms with van der Waals surface area (Å²) in [7, 11) is 0. The van der Waals surface area contributed by atoms with E-state index < -0.39 is 0 Å². The van der Waals surface area contributed by atoms with E-state index >= 15 is 0 Å². The molecule has 0 aromatic heterocycles. The minimum Gasteiger partial charge on any atom is -0.300 e. The average molecular weight is 182 g/mol. The van der Waals surface area contributed by atoms with Crippen LogP contribution in [0, 0.1) is 17.8 Å². The van der Waals surface area contributed by atoms with Crippen molar-refractivity contribution in [1.82, 2.24) is 0 Å². The number of Topliss-reactive ketones (excluding diaryl/α,β-unsaturated/α-hetero) is 1. The maximum atomic E-state index is 11.2. The SMILES string of the molecule is CCCC(C)CC1CC(=O)CC1C. The van der Waals surface area contributed by atoms with Crippen molar-refractivity contribution in [2.75, 3.05) is 0 Å².